The number of thiophene rings is 1. The maximum Gasteiger partial charge on any atom is 0.193 e. The molecule has 0 N–H and O–H groups in total. The zero-order valence-electron chi connectivity index (χ0n) is 9.39. The van der Waals surface area contributed by atoms with Crippen LogP contribution in [0.2, 0.25) is 0 Å². The van der Waals surface area contributed by atoms with Crippen LogP contribution in [0.4, 0.5) is 0 Å². The van der Waals surface area contributed by atoms with E-state index in [4.69, 9.17) is 5.26 Å². The van der Waals surface area contributed by atoms with Gasteiger partial charge in [0.1, 0.15) is 11.0 Å². The molecule has 0 saturated carbocycles. The second-order valence-corrected chi connectivity index (χ2v) is 7.74. The van der Waals surface area contributed by atoms with Crippen molar-refractivity contribution in [2.24, 2.45) is 0 Å². The summed E-state index contributed by atoms with van der Waals surface area (Å²) in [5.41, 5.74) is 0.745. The topological polar surface area (TPSA) is 57.9 Å². The summed E-state index contributed by atoms with van der Waals surface area (Å²) < 4.78 is 23.1. The fourth-order valence-corrected chi connectivity index (χ4v) is 2.70. The standard InChI is InChI=1S/C11H13NO2S2/c1-11(2,3)16(13,14)10(7-12)6-9-4-5-15-8-9/h4-6,8H,1-3H3/b10-6+. The summed E-state index contributed by atoms with van der Waals surface area (Å²) in [5, 5.41) is 12.6. The lowest BCUT2D eigenvalue weighted by molar-refractivity contribution is 0.568. The maximum absolute atomic E-state index is 12.0. The lowest BCUT2D eigenvalue weighted by atomic mass is 10.3. The Balaban J connectivity index is 3.27. The van der Waals surface area contributed by atoms with E-state index in [0.717, 1.165) is 5.56 Å². The van der Waals surface area contributed by atoms with Gasteiger partial charge in [0.05, 0.1) is 4.75 Å². The van der Waals surface area contributed by atoms with Gasteiger partial charge in [-0.15, -0.1) is 0 Å². The van der Waals surface area contributed by atoms with Crippen LogP contribution in [0.25, 0.3) is 6.08 Å². The third-order valence-electron chi connectivity index (χ3n) is 2.05. The first-order valence-electron chi connectivity index (χ1n) is 4.67. The van der Waals surface area contributed by atoms with E-state index in [-0.39, 0.29) is 4.91 Å². The van der Waals surface area contributed by atoms with Crippen LogP contribution in [0.5, 0.6) is 0 Å². The summed E-state index contributed by atoms with van der Waals surface area (Å²) in [7, 11) is -3.56. The Hall–Kier alpha value is -1.12. The molecule has 0 amide bonds. The first-order chi connectivity index (χ1) is 7.29. The quantitative estimate of drug-likeness (QED) is 0.763. The van der Waals surface area contributed by atoms with Crippen LogP contribution in [0, 0.1) is 11.3 Å². The van der Waals surface area contributed by atoms with Gasteiger partial charge in [0.25, 0.3) is 0 Å². The summed E-state index contributed by atoms with van der Waals surface area (Å²) in [5.74, 6) is 0. The number of allylic oxidation sites excluding steroid dienone is 1. The number of sulfone groups is 1. The van der Waals surface area contributed by atoms with Crippen molar-refractivity contribution < 1.29 is 8.42 Å². The number of nitrogens with zero attached hydrogens (tertiary/aromatic N) is 1. The van der Waals surface area contributed by atoms with Gasteiger partial charge in [0.15, 0.2) is 9.84 Å². The molecule has 0 atom stereocenters. The highest BCUT2D eigenvalue weighted by Gasteiger charge is 2.32. The predicted octanol–water partition coefficient (Wildman–Crippen LogP) is 2.83. The molecular weight excluding hydrogens is 242 g/mol. The van der Waals surface area contributed by atoms with Crippen molar-refractivity contribution in [2.45, 2.75) is 25.5 Å². The molecule has 0 fully saturated rings. The van der Waals surface area contributed by atoms with Crippen molar-refractivity contribution in [1.82, 2.24) is 0 Å². The summed E-state index contributed by atoms with van der Waals surface area (Å²) in [4.78, 5) is -0.182. The molecule has 0 aliphatic rings. The number of nitriles is 1. The van der Waals surface area contributed by atoms with Crippen LogP contribution in [-0.2, 0) is 9.84 Å². The first kappa shape index (κ1) is 12.9. The van der Waals surface area contributed by atoms with E-state index in [1.807, 2.05) is 5.38 Å². The number of rotatable bonds is 2. The Morgan fingerprint density at radius 1 is 1.50 bits per heavy atom. The highest BCUT2D eigenvalue weighted by Crippen LogP contribution is 2.25. The average Bonchev–Trinajstić information content (AvgIpc) is 2.64. The van der Waals surface area contributed by atoms with E-state index >= 15 is 0 Å². The molecule has 0 saturated heterocycles. The molecule has 1 aromatic rings. The Morgan fingerprint density at radius 2 is 2.12 bits per heavy atom. The summed E-state index contributed by atoms with van der Waals surface area (Å²) in [6, 6.07) is 3.54. The molecule has 1 heterocycles. The number of hydrogen-bond donors (Lipinski definition) is 0. The van der Waals surface area contributed by atoms with E-state index in [1.54, 1.807) is 38.3 Å². The van der Waals surface area contributed by atoms with Crippen molar-refractivity contribution in [3.8, 4) is 6.07 Å². The van der Waals surface area contributed by atoms with Crippen LogP contribution in [0.1, 0.15) is 26.3 Å². The van der Waals surface area contributed by atoms with Gasteiger partial charge in [-0.25, -0.2) is 8.42 Å². The Labute approximate surface area is 100.0 Å². The van der Waals surface area contributed by atoms with Crippen molar-refractivity contribution in [1.29, 1.82) is 5.26 Å². The summed E-state index contributed by atoms with van der Waals surface area (Å²) in [6.45, 7) is 4.75. The summed E-state index contributed by atoms with van der Waals surface area (Å²) >= 11 is 1.46. The fourth-order valence-electron chi connectivity index (χ4n) is 1.01. The van der Waals surface area contributed by atoms with Crippen molar-refractivity contribution >= 4 is 27.3 Å². The zero-order valence-corrected chi connectivity index (χ0v) is 11.0. The van der Waals surface area contributed by atoms with Gasteiger partial charge >= 0.3 is 0 Å². The van der Waals surface area contributed by atoms with Gasteiger partial charge in [0.2, 0.25) is 0 Å². The lowest BCUT2D eigenvalue weighted by Gasteiger charge is -2.17. The maximum atomic E-state index is 12.0. The fraction of sp³-hybridized carbons (Fsp3) is 0.364. The Morgan fingerprint density at radius 3 is 2.50 bits per heavy atom. The van der Waals surface area contributed by atoms with Crippen molar-refractivity contribution in [3.05, 3.63) is 27.3 Å². The molecule has 1 aromatic heterocycles. The molecule has 1 rings (SSSR count). The van der Waals surface area contributed by atoms with Gasteiger partial charge in [-0.3, -0.25) is 0 Å². The van der Waals surface area contributed by atoms with Crippen molar-refractivity contribution in [3.63, 3.8) is 0 Å². The zero-order chi connectivity index (χ0) is 12.4. The van der Waals surface area contributed by atoms with Gasteiger partial charge in [-0.2, -0.15) is 16.6 Å². The van der Waals surface area contributed by atoms with E-state index < -0.39 is 14.6 Å². The van der Waals surface area contributed by atoms with Gasteiger partial charge in [-0.05, 0) is 49.2 Å². The largest absolute Gasteiger partial charge is 0.222 e. The van der Waals surface area contributed by atoms with Gasteiger partial charge in [0, 0.05) is 0 Å². The molecule has 16 heavy (non-hydrogen) atoms. The lowest BCUT2D eigenvalue weighted by Crippen LogP contribution is -2.28. The molecule has 86 valence electrons. The molecule has 0 unspecified atom stereocenters. The Bertz CT molecular complexity index is 526. The molecule has 5 heteroatoms. The predicted molar refractivity (Wildman–Crippen MR) is 66.6 cm³/mol. The van der Waals surface area contributed by atoms with Crippen LogP contribution in [-0.4, -0.2) is 13.2 Å². The molecule has 0 radical (unpaired) electrons. The first-order valence-corrected chi connectivity index (χ1v) is 7.10. The minimum absolute atomic E-state index is 0.182. The van der Waals surface area contributed by atoms with Crippen molar-refractivity contribution in [2.75, 3.05) is 0 Å². The molecule has 3 nitrogen and oxygen atoms in total. The molecule has 0 aliphatic carbocycles. The van der Waals surface area contributed by atoms with Crippen LogP contribution < -0.4 is 0 Å². The number of hydrogen-bond acceptors (Lipinski definition) is 4. The monoisotopic (exact) mass is 255 g/mol. The van der Waals surface area contributed by atoms with E-state index in [9.17, 15) is 8.42 Å². The molecule has 0 bridgehead atoms. The molecule has 0 spiro atoms. The van der Waals surface area contributed by atoms with Crippen LogP contribution >= 0.6 is 11.3 Å². The second-order valence-electron chi connectivity index (χ2n) is 4.29. The third-order valence-corrected chi connectivity index (χ3v) is 5.15. The second kappa shape index (κ2) is 4.40. The molecular formula is C11H13NO2S2. The third kappa shape index (κ3) is 2.52. The van der Waals surface area contributed by atoms with Crippen LogP contribution in [0.3, 0.4) is 0 Å². The van der Waals surface area contributed by atoms with Gasteiger partial charge < -0.3 is 0 Å². The van der Waals surface area contributed by atoms with E-state index in [0.29, 0.717) is 0 Å². The normalized spacial score (nSPS) is 13.5. The van der Waals surface area contributed by atoms with Crippen LogP contribution in [0.15, 0.2) is 21.7 Å². The Kier molecular flexibility index (Phi) is 3.56. The minimum atomic E-state index is -3.56. The average molecular weight is 255 g/mol. The highest BCUT2D eigenvalue weighted by molar-refractivity contribution is 7.97. The molecule has 0 aromatic carbocycles. The highest BCUT2D eigenvalue weighted by atomic mass is 32.2. The van der Waals surface area contributed by atoms with E-state index in [2.05, 4.69) is 0 Å². The SMILES string of the molecule is CC(C)(C)S(=O)(=O)/C(C#N)=C/c1ccsc1. The molecule has 0 aliphatic heterocycles. The van der Waals surface area contributed by atoms with E-state index in [1.165, 1.54) is 17.4 Å². The smallest absolute Gasteiger partial charge is 0.193 e. The summed E-state index contributed by atoms with van der Waals surface area (Å²) in [6.07, 6.45) is 1.41. The minimum Gasteiger partial charge on any atom is -0.222 e. The van der Waals surface area contributed by atoms with Gasteiger partial charge in [-0.1, -0.05) is 0 Å².